The minimum Gasteiger partial charge on any atom is -0.481 e. The van der Waals surface area contributed by atoms with Crippen molar-refractivity contribution in [3.8, 4) is 0 Å². The Bertz CT molecular complexity index is 329. The molecule has 1 atom stereocenters. The number of carbonyl (C=O) groups is 2. The third-order valence-electron chi connectivity index (χ3n) is 2.59. The summed E-state index contributed by atoms with van der Waals surface area (Å²) in [5.74, 6) is -2.90. The number of carboxylic acid groups (broad SMARTS) is 2. The van der Waals surface area contributed by atoms with Gasteiger partial charge in [-0.25, -0.2) is 0 Å². The molecular formula is C14H22O4. The summed E-state index contributed by atoms with van der Waals surface area (Å²) in [7, 11) is 0. The second-order valence-corrected chi connectivity index (χ2v) is 4.17. The highest BCUT2D eigenvalue weighted by Crippen LogP contribution is 2.17. The van der Waals surface area contributed by atoms with Gasteiger partial charge in [0, 0.05) is 0 Å². The van der Waals surface area contributed by atoms with Crippen molar-refractivity contribution in [2.24, 2.45) is 5.92 Å². The molecule has 0 aliphatic rings. The van der Waals surface area contributed by atoms with E-state index >= 15 is 0 Å². The Kier molecular flexibility index (Phi) is 8.62. The average Bonchev–Trinajstić information content (AvgIpc) is 2.30. The van der Waals surface area contributed by atoms with Crippen molar-refractivity contribution >= 4 is 11.9 Å². The Morgan fingerprint density at radius 2 is 1.83 bits per heavy atom. The van der Waals surface area contributed by atoms with Crippen LogP contribution in [0.4, 0.5) is 0 Å². The van der Waals surface area contributed by atoms with Crippen LogP contribution < -0.4 is 0 Å². The van der Waals surface area contributed by atoms with Crippen molar-refractivity contribution in [2.75, 3.05) is 0 Å². The molecule has 0 amide bonds. The van der Waals surface area contributed by atoms with Gasteiger partial charge in [-0.05, 0) is 25.7 Å². The third-order valence-corrected chi connectivity index (χ3v) is 2.59. The van der Waals surface area contributed by atoms with E-state index in [1.165, 1.54) is 0 Å². The first-order chi connectivity index (χ1) is 8.51. The van der Waals surface area contributed by atoms with Gasteiger partial charge in [-0.3, -0.25) is 9.59 Å². The molecule has 0 heterocycles. The highest BCUT2D eigenvalue weighted by atomic mass is 16.4. The normalized spacial score (nSPS) is 13.8. The monoisotopic (exact) mass is 254 g/mol. The van der Waals surface area contributed by atoms with E-state index in [1.807, 2.05) is 32.1 Å². The Morgan fingerprint density at radius 1 is 1.17 bits per heavy atom. The maximum Gasteiger partial charge on any atom is 0.307 e. The van der Waals surface area contributed by atoms with Crippen molar-refractivity contribution < 1.29 is 19.8 Å². The van der Waals surface area contributed by atoms with Gasteiger partial charge < -0.3 is 10.2 Å². The van der Waals surface area contributed by atoms with Gasteiger partial charge >= 0.3 is 11.9 Å². The first-order valence-electron chi connectivity index (χ1n) is 6.31. The number of hydrogen-bond acceptors (Lipinski definition) is 2. The number of aliphatic carboxylic acids is 2. The highest BCUT2D eigenvalue weighted by molar-refractivity contribution is 5.77. The molecule has 4 nitrogen and oxygen atoms in total. The van der Waals surface area contributed by atoms with Crippen molar-refractivity contribution in [3.63, 3.8) is 0 Å². The molecular weight excluding hydrogens is 232 g/mol. The number of carboxylic acids is 2. The third kappa shape index (κ3) is 7.65. The van der Waals surface area contributed by atoms with Crippen LogP contribution in [0.3, 0.4) is 0 Å². The molecule has 0 spiro atoms. The Balaban J connectivity index is 4.46. The van der Waals surface area contributed by atoms with Gasteiger partial charge in [0.25, 0.3) is 0 Å². The summed E-state index contributed by atoms with van der Waals surface area (Å²) in [5, 5.41) is 17.6. The Hall–Kier alpha value is -1.58. The molecule has 0 aromatic carbocycles. The summed E-state index contributed by atoms with van der Waals surface area (Å²) in [4.78, 5) is 21.5. The zero-order valence-electron chi connectivity index (χ0n) is 11.1. The van der Waals surface area contributed by atoms with Crippen LogP contribution in [0.2, 0.25) is 0 Å². The van der Waals surface area contributed by atoms with E-state index in [0.29, 0.717) is 12.8 Å². The second kappa shape index (κ2) is 9.45. The fourth-order valence-electron chi connectivity index (χ4n) is 1.65. The molecule has 0 aromatic rings. The molecule has 102 valence electrons. The van der Waals surface area contributed by atoms with Crippen LogP contribution in [-0.2, 0) is 9.59 Å². The SMILES string of the molecule is CC/C=C\C(=C/CC)CCC(CC(=O)O)C(=O)O. The lowest BCUT2D eigenvalue weighted by atomic mass is 9.96. The zero-order valence-corrected chi connectivity index (χ0v) is 11.1. The maximum absolute atomic E-state index is 10.9. The van der Waals surface area contributed by atoms with E-state index in [4.69, 9.17) is 10.2 Å². The first-order valence-corrected chi connectivity index (χ1v) is 6.31. The van der Waals surface area contributed by atoms with E-state index in [2.05, 4.69) is 0 Å². The van der Waals surface area contributed by atoms with Crippen LogP contribution in [0.1, 0.15) is 46.0 Å². The molecule has 18 heavy (non-hydrogen) atoms. The predicted molar refractivity (Wildman–Crippen MR) is 70.4 cm³/mol. The molecule has 1 unspecified atom stereocenters. The largest absolute Gasteiger partial charge is 0.481 e. The van der Waals surface area contributed by atoms with Crippen molar-refractivity contribution in [2.45, 2.75) is 46.0 Å². The summed E-state index contributed by atoms with van der Waals surface area (Å²) >= 11 is 0. The maximum atomic E-state index is 10.9. The van der Waals surface area contributed by atoms with Gasteiger partial charge in [0.05, 0.1) is 12.3 Å². The van der Waals surface area contributed by atoms with E-state index in [0.717, 1.165) is 18.4 Å². The smallest absolute Gasteiger partial charge is 0.307 e. The molecule has 0 saturated carbocycles. The molecule has 0 bridgehead atoms. The molecule has 0 aliphatic carbocycles. The molecule has 0 saturated heterocycles. The topological polar surface area (TPSA) is 74.6 Å². The first kappa shape index (κ1) is 16.4. The number of hydrogen-bond donors (Lipinski definition) is 2. The number of rotatable bonds is 9. The summed E-state index contributed by atoms with van der Waals surface area (Å²) in [6, 6.07) is 0. The summed E-state index contributed by atoms with van der Waals surface area (Å²) in [5.41, 5.74) is 1.08. The molecule has 0 radical (unpaired) electrons. The highest BCUT2D eigenvalue weighted by Gasteiger charge is 2.20. The van der Waals surface area contributed by atoms with Gasteiger partial charge in [-0.1, -0.05) is 37.6 Å². The lowest BCUT2D eigenvalue weighted by molar-refractivity contribution is -0.148. The quantitative estimate of drug-likeness (QED) is 0.619. The van der Waals surface area contributed by atoms with Gasteiger partial charge in [0.1, 0.15) is 0 Å². The predicted octanol–water partition coefficient (Wildman–Crippen LogP) is 3.24. The Labute approximate surface area is 108 Å². The van der Waals surface area contributed by atoms with E-state index < -0.39 is 17.9 Å². The Morgan fingerprint density at radius 3 is 2.28 bits per heavy atom. The summed E-state index contributed by atoms with van der Waals surface area (Å²) in [6.45, 7) is 4.05. The molecule has 0 aromatic heterocycles. The fraction of sp³-hybridized carbons (Fsp3) is 0.571. The molecule has 0 aliphatic heterocycles. The molecule has 0 fully saturated rings. The van der Waals surface area contributed by atoms with Gasteiger partial charge in [0.15, 0.2) is 0 Å². The van der Waals surface area contributed by atoms with Gasteiger partial charge in [-0.15, -0.1) is 0 Å². The van der Waals surface area contributed by atoms with Crippen LogP contribution >= 0.6 is 0 Å². The minimum absolute atomic E-state index is 0.313. The van der Waals surface area contributed by atoms with Crippen molar-refractivity contribution in [3.05, 3.63) is 23.8 Å². The lowest BCUT2D eigenvalue weighted by Crippen LogP contribution is -2.17. The second-order valence-electron chi connectivity index (χ2n) is 4.17. The van der Waals surface area contributed by atoms with Crippen molar-refractivity contribution in [1.29, 1.82) is 0 Å². The minimum atomic E-state index is -1.06. The number of allylic oxidation sites excluding steroid dienone is 4. The molecule has 2 N–H and O–H groups in total. The zero-order chi connectivity index (χ0) is 14.0. The molecule has 0 rings (SSSR count). The standard InChI is InChI=1S/C14H22O4/c1-3-5-7-11(6-4-2)8-9-12(14(17)18)10-13(15)16/h5-7,12H,3-4,8-10H2,1-2H3,(H,15,16)(H,17,18)/b7-5-,11-6+. The van der Waals surface area contributed by atoms with E-state index in [9.17, 15) is 9.59 Å². The lowest BCUT2D eigenvalue weighted by Gasteiger charge is -2.10. The van der Waals surface area contributed by atoms with E-state index in [-0.39, 0.29) is 6.42 Å². The molecule has 4 heteroatoms. The van der Waals surface area contributed by atoms with Gasteiger partial charge in [-0.2, -0.15) is 0 Å². The summed E-state index contributed by atoms with van der Waals surface area (Å²) < 4.78 is 0. The van der Waals surface area contributed by atoms with Crippen molar-refractivity contribution in [1.82, 2.24) is 0 Å². The van der Waals surface area contributed by atoms with Crippen LogP contribution in [0.15, 0.2) is 23.8 Å². The van der Waals surface area contributed by atoms with Crippen LogP contribution in [0.5, 0.6) is 0 Å². The van der Waals surface area contributed by atoms with Crippen LogP contribution in [0.25, 0.3) is 0 Å². The van der Waals surface area contributed by atoms with E-state index in [1.54, 1.807) is 0 Å². The van der Waals surface area contributed by atoms with Crippen LogP contribution in [-0.4, -0.2) is 22.2 Å². The summed E-state index contributed by atoms with van der Waals surface area (Å²) in [6.07, 6.45) is 8.53. The fourth-order valence-corrected chi connectivity index (χ4v) is 1.65. The van der Waals surface area contributed by atoms with Crippen LogP contribution in [0, 0.1) is 5.92 Å². The average molecular weight is 254 g/mol. The van der Waals surface area contributed by atoms with Gasteiger partial charge in [0.2, 0.25) is 0 Å².